The molecular formula is C16H19N3O4. The zero-order valence-electron chi connectivity index (χ0n) is 12.9. The maximum absolute atomic E-state index is 12.2. The molecule has 2 aromatic rings. The molecule has 3 heterocycles. The summed E-state index contributed by atoms with van der Waals surface area (Å²) in [6.07, 6.45) is 2.26. The van der Waals surface area contributed by atoms with Crippen LogP contribution in [0.15, 0.2) is 35.0 Å². The molecule has 2 aromatic heterocycles. The van der Waals surface area contributed by atoms with Crippen LogP contribution in [0.4, 0.5) is 0 Å². The van der Waals surface area contributed by atoms with Gasteiger partial charge in [0.1, 0.15) is 11.9 Å². The number of aryl methyl sites for hydroxylation is 1. The van der Waals surface area contributed by atoms with Crippen molar-refractivity contribution >= 4 is 5.91 Å². The van der Waals surface area contributed by atoms with Crippen LogP contribution < -0.4 is 10.1 Å². The fourth-order valence-electron chi connectivity index (χ4n) is 2.48. The number of hydrogen-bond donors (Lipinski definition) is 1. The number of nitrogens with zero attached hydrogens (tertiary/aromatic N) is 2. The van der Waals surface area contributed by atoms with Crippen LogP contribution >= 0.6 is 0 Å². The lowest BCUT2D eigenvalue weighted by atomic mass is 10.1. The molecule has 0 spiro atoms. The van der Waals surface area contributed by atoms with Gasteiger partial charge in [-0.25, -0.2) is 4.98 Å². The Balaban J connectivity index is 1.58. The minimum atomic E-state index is -0.265. The van der Waals surface area contributed by atoms with Crippen molar-refractivity contribution in [3.8, 4) is 5.88 Å². The van der Waals surface area contributed by atoms with Crippen molar-refractivity contribution in [3.05, 3.63) is 41.9 Å². The second-order valence-electron chi connectivity index (χ2n) is 5.47. The van der Waals surface area contributed by atoms with Crippen molar-refractivity contribution in [2.24, 2.45) is 0 Å². The van der Waals surface area contributed by atoms with Gasteiger partial charge >= 0.3 is 0 Å². The minimum absolute atomic E-state index is 0.123. The molecule has 0 aliphatic carbocycles. The largest absolute Gasteiger partial charge is 0.470 e. The highest BCUT2D eigenvalue weighted by Crippen LogP contribution is 2.15. The van der Waals surface area contributed by atoms with Crippen LogP contribution in [0, 0.1) is 6.92 Å². The van der Waals surface area contributed by atoms with Crippen LogP contribution in [0.25, 0.3) is 0 Å². The maximum Gasteiger partial charge on any atom is 0.228 e. The minimum Gasteiger partial charge on any atom is -0.470 e. The zero-order valence-corrected chi connectivity index (χ0v) is 12.9. The molecule has 7 heteroatoms. The van der Waals surface area contributed by atoms with Crippen LogP contribution in [-0.2, 0) is 16.0 Å². The van der Waals surface area contributed by atoms with E-state index in [1.807, 2.05) is 19.1 Å². The van der Waals surface area contributed by atoms with Crippen LogP contribution in [0.2, 0.25) is 0 Å². The first kappa shape index (κ1) is 15.5. The molecule has 7 nitrogen and oxygen atoms in total. The van der Waals surface area contributed by atoms with E-state index in [1.165, 1.54) is 0 Å². The number of nitrogens with one attached hydrogen (secondary N) is 1. The molecular weight excluding hydrogens is 298 g/mol. The van der Waals surface area contributed by atoms with Crippen molar-refractivity contribution in [2.45, 2.75) is 31.9 Å². The molecule has 1 aliphatic heterocycles. The SMILES string of the molecule is Cc1cc(CC(=O)N[C@@H]2CCOC[C@H]2Oc2ccccn2)on1. The van der Waals surface area contributed by atoms with E-state index in [0.29, 0.717) is 31.3 Å². The van der Waals surface area contributed by atoms with Gasteiger partial charge in [-0.2, -0.15) is 0 Å². The summed E-state index contributed by atoms with van der Waals surface area (Å²) in [6.45, 7) is 2.83. The fraction of sp³-hybridized carbons (Fsp3) is 0.438. The molecule has 1 amide bonds. The summed E-state index contributed by atoms with van der Waals surface area (Å²) in [5.74, 6) is 0.949. The Labute approximate surface area is 134 Å². The van der Waals surface area contributed by atoms with E-state index < -0.39 is 0 Å². The lowest BCUT2D eigenvalue weighted by Gasteiger charge is -2.31. The Morgan fingerprint density at radius 3 is 3.13 bits per heavy atom. The van der Waals surface area contributed by atoms with Gasteiger partial charge in [0.05, 0.1) is 24.8 Å². The van der Waals surface area contributed by atoms with Crippen molar-refractivity contribution in [1.82, 2.24) is 15.5 Å². The summed E-state index contributed by atoms with van der Waals surface area (Å²) >= 11 is 0. The number of rotatable bonds is 5. The average molecular weight is 317 g/mol. The average Bonchev–Trinajstić information content (AvgIpc) is 2.95. The second-order valence-corrected chi connectivity index (χ2v) is 5.47. The van der Waals surface area contributed by atoms with E-state index in [1.54, 1.807) is 18.3 Å². The molecule has 2 atom stereocenters. The summed E-state index contributed by atoms with van der Waals surface area (Å²) in [7, 11) is 0. The summed E-state index contributed by atoms with van der Waals surface area (Å²) < 4.78 is 16.4. The van der Waals surface area contributed by atoms with Gasteiger partial charge in [0.2, 0.25) is 11.8 Å². The Bertz CT molecular complexity index is 644. The molecule has 1 aliphatic rings. The quantitative estimate of drug-likeness (QED) is 0.894. The first-order chi connectivity index (χ1) is 11.2. The summed E-state index contributed by atoms with van der Waals surface area (Å²) in [6, 6.07) is 7.09. The molecule has 23 heavy (non-hydrogen) atoms. The van der Waals surface area contributed by atoms with Gasteiger partial charge < -0.3 is 19.3 Å². The van der Waals surface area contributed by atoms with Crippen LogP contribution in [0.3, 0.4) is 0 Å². The molecule has 0 aromatic carbocycles. The predicted octanol–water partition coefficient (Wildman–Crippen LogP) is 1.27. The summed E-state index contributed by atoms with van der Waals surface area (Å²) in [5.41, 5.74) is 0.759. The number of amides is 1. The number of carbonyl (C=O) groups is 1. The Morgan fingerprint density at radius 2 is 2.39 bits per heavy atom. The number of aromatic nitrogens is 2. The first-order valence-corrected chi connectivity index (χ1v) is 7.58. The summed E-state index contributed by atoms with van der Waals surface area (Å²) in [4.78, 5) is 16.3. The van der Waals surface area contributed by atoms with E-state index in [4.69, 9.17) is 14.0 Å². The third-order valence-electron chi connectivity index (χ3n) is 3.57. The van der Waals surface area contributed by atoms with Crippen molar-refractivity contribution in [3.63, 3.8) is 0 Å². The van der Waals surface area contributed by atoms with Crippen molar-refractivity contribution in [1.29, 1.82) is 0 Å². The number of hydrogen-bond acceptors (Lipinski definition) is 6. The maximum atomic E-state index is 12.2. The first-order valence-electron chi connectivity index (χ1n) is 7.58. The van der Waals surface area contributed by atoms with E-state index in [2.05, 4.69) is 15.5 Å². The molecule has 0 bridgehead atoms. The van der Waals surface area contributed by atoms with E-state index in [9.17, 15) is 4.79 Å². The Kier molecular flexibility index (Phi) is 4.87. The Hall–Kier alpha value is -2.41. The van der Waals surface area contributed by atoms with Crippen LogP contribution in [0.1, 0.15) is 17.9 Å². The standard InChI is InChI=1S/C16H19N3O4/c1-11-8-12(23-19-11)9-15(20)18-13-5-7-21-10-14(13)22-16-4-2-3-6-17-16/h2-4,6,8,13-14H,5,7,9-10H2,1H3,(H,18,20)/t13-,14-/m1/s1. The summed E-state index contributed by atoms with van der Waals surface area (Å²) in [5, 5.41) is 6.77. The highest BCUT2D eigenvalue weighted by Gasteiger charge is 2.29. The van der Waals surface area contributed by atoms with Gasteiger partial charge in [0.15, 0.2) is 0 Å². The topological polar surface area (TPSA) is 86.5 Å². The van der Waals surface area contributed by atoms with E-state index in [-0.39, 0.29) is 24.5 Å². The van der Waals surface area contributed by atoms with Crippen molar-refractivity contribution in [2.75, 3.05) is 13.2 Å². The third-order valence-corrected chi connectivity index (χ3v) is 3.57. The zero-order chi connectivity index (χ0) is 16.1. The van der Waals surface area contributed by atoms with Gasteiger partial charge in [0, 0.05) is 24.9 Å². The molecule has 0 saturated carbocycles. The van der Waals surface area contributed by atoms with Gasteiger partial charge in [-0.1, -0.05) is 11.2 Å². The molecule has 1 saturated heterocycles. The fourth-order valence-corrected chi connectivity index (χ4v) is 2.48. The smallest absolute Gasteiger partial charge is 0.228 e. The number of ether oxygens (including phenoxy) is 2. The Morgan fingerprint density at radius 1 is 1.48 bits per heavy atom. The highest BCUT2D eigenvalue weighted by molar-refractivity contribution is 5.78. The lowest BCUT2D eigenvalue weighted by molar-refractivity contribution is -0.123. The van der Waals surface area contributed by atoms with Gasteiger partial charge in [-0.15, -0.1) is 0 Å². The third kappa shape index (κ3) is 4.29. The van der Waals surface area contributed by atoms with Gasteiger partial charge in [-0.05, 0) is 19.4 Å². The predicted molar refractivity (Wildman–Crippen MR) is 81.0 cm³/mol. The van der Waals surface area contributed by atoms with E-state index >= 15 is 0 Å². The van der Waals surface area contributed by atoms with Crippen LogP contribution in [0.5, 0.6) is 5.88 Å². The number of carbonyl (C=O) groups excluding carboxylic acids is 1. The van der Waals surface area contributed by atoms with Crippen LogP contribution in [-0.4, -0.2) is 41.4 Å². The highest BCUT2D eigenvalue weighted by atomic mass is 16.5. The van der Waals surface area contributed by atoms with Gasteiger partial charge in [-0.3, -0.25) is 4.79 Å². The van der Waals surface area contributed by atoms with Crippen molar-refractivity contribution < 1.29 is 18.8 Å². The normalized spacial score (nSPS) is 20.9. The molecule has 1 N–H and O–H groups in total. The monoisotopic (exact) mass is 317 g/mol. The molecule has 0 unspecified atom stereocenters. The lowest BCUT2D eigenvalue weighted by Crippen LogP contribution is -2.51. The molecule has 1 fully saturated rings. The van der Waals surface area contributed by atoms with E-state index in [0.717, 1.165) is 5.69 Å². The second kappa shape index (κ2) is 7.23. The molecule has 122 valence electrons. The molecule has 3 rings (SSSR count). The van der Waals surface area contributed by atoms with Gasteiger partial charge in [0.25, 0.3) is 0 Å². The number of pyridine rings is 1. The molecule has 0 radical (unpaired) electrons.